The monoisotopic (exact) mass is 298 g/mol. The van der Waals surface area contributed by atoms with Crippen molar-refractivity contribution in [2.75, 3.05) is 13.2 Å². The van der Waals surface area contributed by atoms with Crippen LogP contribution in [0.5, 0.6) is 0 Å². The first-order chi connectivity index (χ1) is 9.58. The highest BCUT2D eigenvalue weighted by molar-refractivity contribution is 7.12. The van der Waals surface area contributed by atoms with Gasteiger partial charge in [-0.25, -0.2) is 0 Å². The van der Waals surface area contributed by atoms with Crippen LogP contribution >= 0.6 is 11.3 Å². The summed E-state index contributed by atoms with van der Waals surface area (Å²) in [6.45, 7) is 4.33. The van der Waals surface area contributed by atoms with Gasteiger partial charge in [0.15, 0.2) is 0 Å². The van der Waals surface area contributed by atoms with Gasteiger partial charge in [0.1, 0.15) is 6.04 Å². The Labute approximate surface area is 123 Å². The lowest BCUT2D eigenvalue weighted by Crippen LogP contribution is -2.45. The summed E-state index contributed by atoms with van der Waals surface area (Å²) in [5, 5.41) is 16.2. The largest absolute Gasteiger partial charge is 0.396 e. The Morgan fingerprint density at radius 1 is 1.45 bits per heavy atom. The minimum Gasteiger partial charge on any atom is -0.396 e. The van der Waals surface area contributed by atoms with Gasteiger partial charge < -0.3 is 15.7 Å². The highest BCUT2D eigenvalue weighted by Gasteiger charge is 2.17. The van der Waals surface area contributed by atoms with Crippen LogP contribution in [0.15, 0.2) is 17.5 Å². The highest BCUT2D eigenvalue weighted by Crippen LogP contribution is 2.08. The minimum atomic E-state index is -0.573. The van der Waals surface area contributed by atoms with Gasteiger partial charge in [0.05, 0.1) is 4.88 Å². The Kier molecular flexibility index (Phi) is 7.25. The summed E-state index contributed by atoms with van der Waals surface area (Å²) < 4.78 is 0. The molecule has 0 aliphatic rings. The number of hydrogen-bond donors (Lipinski definition) is 3. The van der Waals surface area contributed by atoms with E-state index < -0.39 is 6.04 Å². The van der Waals surface area contributed by atoms with E-state index in [2.05, 4.69) is 10.6 Å². The van der Waals surface area contributed by atoms with Crippen molar-refractivity contribution in [3.8, 4) is 0 Å². The summed E-state index contributed by atoms with van der Waals surface area (Å²) in [6.07, 6.45) is 1.57. The number of carbonyl (C=O) groups is 2. The highest BCUT2D eigenvalue weighted by atomic mass is 32.1. The van der Waals surface area contributed by atoms with Crippen LogP contribution in [0.3, 0.4) is 0 Å². The first-order valence-corrected chi connectivity index (χ1v) is 7.69. The first kappa shape index (κ1) is 16.7. The van der Waals surface area contributed by atoms with E-state index in [4.69, 9.17) is 5.11 Å². The van der Waals surface area contributed by atoms with Crippen LogP contribution in [0, 0.1) is 5.92 Å². The number of amides is 2. The summed E-state index contributed by atoms with van der Waals surface area (Å²) in [5.74, 6) is -0.166. The van der Waals surface area contributed by atoms with Crippen molar-refractivity contribution in [3.05, 3.63) is 22.4 Å². The van der Waals surface area contributed by atoms with Crippen molar-refractivity contribution in [1.82, 2.24) is 10.6 Å². The van der Waals surface area contributed by atoms with Crippen LogP contribution in [0.2, 0.25) is 0 Å². The second-order valence-corrected chi connectivity index (χ2v) is 5.65. The Hall–Kier alpha value is -1.40. The molecule has 0 aromatic carbocycles. The number of rotatable bonds is 8. The molecule has 112 valence electrons. The molecule has 3 N–H and O–H groups in total. The summed E-state index contributed by atoms with van der Waals surface area (Å²) in [7, 11) is 0. The van der Waals surface area contributed by atoms with Gasteiger partial charge in [-0.05, 0) is 30.7 Å². The molecule has 0 aliphatic heterocycles. The van der Waals surface area contributed by atoms with E-state index in [1.54, 1.807) is 19.1 Å². The molecule has 1 rings (SSSR count). The lowest BCUT2D eigenvalue weighted by molar-refractivity contribution is -0.122. The molecule has 0 aliphatic carbocycles. The summed E-state index contributed by atoms with van der Waals surface area (Å²) in [6, 6.07) is 2.94. The fourth-order valence-electron chi connectivity index (χ4n) is 1.77. The van der Waals surface area contributed by atoms with Crippen molar-refractivity contribution >= 4 is 23.2 Å². The van der Waals surface area contributed by atoms with E-state index in [1.807, 2.05) is 12.3 Å². The van der Waals surface area contributed by atoms with E-state index in [1.165, 1.54) is 11.3 Å². The third-order valence-electron chi connectivity index (χ3n) is 3.17. The maximum Gasteiger partial charge on any atom is 0.261 e. The first-order valence-electron chi connectivity index (χ1n) is 6.81. The maximum atomic E-state index is 11.9. The van der Waals surface area contributed by atoms with Crippen LogP contribution in [-0.2, 0) is 4.79 Å². The lowest BCUT2D eigenvalue weighted by atomic mass is 10.0. The lowest BCUT2D eigenvalue weighted by Gasteiger charge is -2.17. The Morgan fingerprint density at radius 2 is 2.20 bits per heavy atom. The molecule has 20 heavy (non-hydrogen) atoms. The van der Waals surface area contributed by atoms with Crippen molar-refractivity contribution in [1.29, 1.82) is 0 Å². The molecule has 2 atom stereocenters. The van der Waals surface area contributed by atoms with Gasteiger partial charge in [0.2, 0.25) is 5.91 Å². The second-order valence-electron chi connectivity index (χ2n) is 4.70. The molecule has 0 saturated heterocycles. The van der Waals surface area contributed by atoms with Crippen molar-refractivity contribution in [2.24, 2.45) is 5.92 Å². The Balaban J connectivity index is 2.37. The number of hydrogen-bond acceptors (Lipinski definition) is 4. The average Bonchev–Trinajstić information content (AvgIpc) is 2.97. The molecular weight excluding hydrogens is 276 g/mol. The molecular formula is C14H22N2O3S. The zero-order valence-electron chi connectivity index (χ0n) is 11.9. The fourth-order valence-corrected chi connectivity index (χ4v) is 2.40. The van der Waals surface area contributed by atoms with Crippen LogP contribution in [0.1, 0.15) is 36.4 Å². The summed E-state index contributed by atoms with van der Waals surface area (Å²) >= 11 is 1.34. The molecule has 0 radical (unpaired) electrons. The van der Waals surface area contributed by atoms with Gasteiger partial charge in [-0.1, -0.05) is 19.4 Å². The molecule has 1 aromatic rings. The summed E-state index contributed by atoms with van der Waals surface area (Å²) in [5.41, 5.74) is 0. The zero-order valence-corrected chi connectivity index (χ0v) is 12.7. The quantitative estimate of drug-likeness (QED) is 0.678. The topological polar surface area (TPSA) is 78.4 Å². The van der Waals surface area contributed by atoms with Crippen molar-refractivity contribution in [2.45, 2.75) is 32.7 Å². The number of aliphatic hydroxyl groups excluding tert-OH is 1. The standard InChI is InChI=1S/C14H22N2O3S/c1-3-11(6-7-17)9-15-13(18)10(2)16-14(19)12-5-4-8-20-12/h4-5,8,10-11,17H,3,6-7,9H2,1-2H3,(H,15,18)(H,16,19). The smallest absolute Gasteiger partial charge is 0.261 e. The van der Waals surface area contributed by atoms with E-state index in [0.29, 0.717) is 17.8 Å². The molecule has 0 saturated carbocycles. The Morgan fingerprint density at radius 3 is 2.75 bits per heavy atom. The summed E-state index contributed by atoms with van der Waals surface area (Å²) in [4.78, 5) is 24.3. The number of thiophene rings is 1. The molecule has 0 spiro atoms. The van der Waals surface area contributed by atoms with Crippen LogP contribution in [0.4, 0.5) is 0 Å². The Bertz CT molecular complexity index is 420. The maximum absolute atomic E-state index is 11.9. The van der Waals surface area contributed by atoms with Crippen molar-refractivity contribution in [3.63, 3.8) is 0 Å². The molecule has 1 aromatic heterocycles. The van der Waals surface area contributed by atoms with E-state index in [0.717, 1.165) is 6.42 Å². The van der Waals surface area contributed by atoms with E-state index >= 15 is 0 Å². The number of nitrogens with one attached hydrogen (secondary N) is 2. The van der Waals surface area contributed by atoms with E-state index in [-0.39, 0.29) is 24.3 Å². The van der Waals surface area contributed by atoms with Gasteiger partial charge in [0.25, 0.3) is 5.91 Å². The SMILES string of the molecule is CCC(CCO)CNC(=O)C(C)NC(=O)c1cccs1. The molecule has 0 bridgehead atoms. The van der Waals surface area contributed by atoms with Gasteiger partial charge in [-0.3, -0.25) is 9.59 Å². The number of aliphatic hydroxyl groups is 1. The van der Waals surface area contributed by atoms with Crippen molar-refractivity contribution < 1.29 is 14.7 Å². The van der Waals surface area contributed by atoms with Crippen LogP contribution in [0.25, 0.3) is 0 Å². The fraction of sp³-hybridized carbons (Fsp3) is 0.571. The molecule has 6 heteroatoms. The number of carbonyl (C=O) groups excluding carboxylic acids is 2. The van der Waals surface area contributed by atoms with E-state index in [9.17, 15) is 9.59 Å². The van der Waals surface area contributed by atoms with Gasteiger partial charge in [-0.2, -0.15) is 0 Å². The van der Waals surface area contributed by atoms with Gasteiger partial charge in [0, 0.05) is 13.2 Å². The normalized spacial score (nSPS) is 13.6. The molecule has 5 nitrogen and oxygen atoms in total. The molecule has 2 amide bonds. The van der Waals surface area contributed by atoms with Crippen LogP contribution < -0.4 is 10.6 Å². The second kappa shape index (κ2) is 8.71. The molecule has 0 fully saturated rings. The predicted molar refractivity (Wildman–Crippen MR) is 79.7 cm³/mol. The molecule has 2 unspecified atom stereocenters. The van der Waals surface area contributed by atoms with Gasteiger partial charge in [-0.15, -0.1) is 11.3 Å². The average molecular weight is 298 g/mol. The van der Waals surface area contributed by atoms with Gasteiger partial charge >= 0.3 is 0 Å². The minimum absolute atomic E-state index is 0.124. The third kappa shape index (κ3) is 5.30. The zero-order chi connectivity index (χ0) is 15.0. The molecule has 1 heterocycles. The third-order valence-corrected chi connectivity index (χ3v) is 4.03. The predicted octanol–water partition coefficient (Wildman–Crippen LogP) is 1.39. The van der Waals surface area contributed by atoms with Crippen LogP contribution in [-0.4, -0.2) is 36.1 Å².